The highest BCUT2D eigenvalue weighted by molar-refractivity contribution is 5.95. The van der Waals surface area contributed by atoms with E-state index < -0.39 is 0 Å². The van der Waals surface area contributed by atoms with Crippen molar-refractivity contribution in [2.45, 2.75) is 26.2 Å². The maximum absolute atomic E-state index is 11.4. The van der Waals surface area contributed by atoms with E-state index in [0.717, 1.165) is 11.1 Å². The van der Waals surface area contributed by atoms with Crippen LogP contribution in [0.5, 0.6) is 0 Å². The van der Waals surface area contributed by atoms with E-state index in [1.807, 2.05) is 18.2 Å². The normalized spacial score (nSPS) is 13.4. The standard InChI is InChI=1S/C17H16O/c1-12(18)14-5-3-7-16(10-14)17-9-8-13-4-2-6-15(13)11-17/h3,5,7-11H,2,4,6H2,1H3. The van der Waals surface area contributed by atoms with Gasteiger partial charge < -0.3 is 0 Å². The average molecular weight is 236 g/mol. The highest BCUT2D eigenvalue weighted by Gasteiger charge is 2.11. The Morgan fingerprint density at radius 1 is 0.944 bits per heavy atom. The third-order valence-corrected chi connectivity index (χ3v) is 3.70. The number of aryl methyl sites for hydroxylation is 2. The molecular weight excluding hydrogens is 220 g/mol. The summed E-state index contributed by atoms with van der Waals surface area (Å²) in [5.74, 6) is 0.123. The average Bonchev–Trinajstić information content (AvgIpc) is 2.86. The van der Waals surface area contributed by atoms with E-state index in [1.54, 1.807) is 6.92 Å². The molecule has 0 unspecified atom stereocenters. The van der Waals surface area contributed by atoms with Crippen LogP contribution in [0.15, 0.2) is 42.5 Å². The fourth-order valence-electron chi connectivity index (χ4n) is 2.67. The van der Waals surface area contributed by atoms with Crippen LogP contribution in [0, 0.1) is 0 Å². The quantitative estimate of drug-likeness (QED) is 0.719. The van der Waals surface area contributed by atoms with Crippen molar-refractivity contribution in [1.82, 2.24) is 0 Å². The molecule has 18 heavy (non-hydrogen) atoms. The molecule has 2 aromatic carbocycles. The molecule has 0 heterocycles. The molecule has 3 rings (SSSR count). The number of hydrogen-bond acceptors (Lipinski definition) is 1. The second-order valence-corrected chi connectivity index (χ2v) is 4.97. The molecule has 0 saturated heterocycles. The summed E-state index contributed by atoms with van der Waals surface area (Å²) in [7, 11) is 0. The van der Waals surface area contributed by atoms with Crippen LogP contribution < -0.4 is 0 Å². The minimum Gasteiger partial charge on any atom is -0.295 e. The number of carbonyl (C=O) groups is 1. The van der Waals surface area contributed by atoms with Gasteiger partial charge in [0, 0.05) is 5.56 Å². The minimum absolute atomic E-state index is 0.123. The summed E-state index contributed by atoms with van der Waals surface area (Å²) in [4.78, 5) is 11.4. The third-order valence-electron chi connectivity index (χ3n) is 3.70. The molecule has 0 fully saturated rings. The molecule has 0 spiro atoms. The summed E-state index contributed by atoms with van der Waals surface area (Å²) in [6.45, 7) is 1.61. The zero-order valence-electron chi connectivity index (χ0n) is 10.6. The van der Waals surface area contributed by atoms with Crippen molar-refractivity contribution in [2.75, 3.05) is 0 Å². The Hall–Kier alpha value is -1.89. The van der Waals surface area contributed by atoms with Gasteiger partial charge in [0.25, 0.3) is 0 Å². The maximum atomic E-state index is 11.4. The van der Waals surface area contributed by atoms with Gasteiger partial charge in [0.2, 0.25) is 0 Å². The van der Waals surface area contributed by atoms with Crippen LogP contribution in [0.3, 0.4) is 0 Å². The van der Waals surface area contributed by atoms with Crippen molar-refractivity contribution in [3.63, 3.8) is 0 Å². The summed E-state index contributed by atoms with van der Waals surface area (Å²) < 4.78 is 0. The summed E-state index contributed by atoms with van der Waals surface area (Å²) in [6.07, 6.45) is 3.67. The van der Waals surface area contributed by atoms with Gasteiger partial charge in [-0.3, -0.25) is 4.79 Å². The summed E-state index contributed by atoms with van der Waals surface area (Å²) in [5.41, 5.74) is 6.10. The van der Waals surface area contributed by atoms with Gasteiger partial charge in [-0.25, -0.2) is 0 Å². The number of fused-ring (bicyclic) bond motifs is 1. The molecule has 90 valence electrons. The lowest BCUT2D eigenvalue weighted by Gasteiger charge is -2.06. The number of benzene rings is 2. The fourth-order valence-corrected chi connectivity index (χ4v) is 2.67. The highest BCUT2D eigenvalue weighted by Crippen LogP contribution is 2.28. The molecule has 0 aliphatic heterocycles. The molecule has 1 aliphatic carbocycles. The third kappa shape index (κ3) is 1.97. The number of ketones is 1. The van der Waals surface area contributed by atoms with Gasteiger partial charge in [0.1, 0.15) is 0 Å². The van der Waals surface area contributed by atoms with Crippen molar-refractivity contribution in [3.05, 3.63) is 59.2 Å². The molecule has 1 aliphatic rings. The number of carbonyl (C=O) groups excluding carboxylic acids is 1. The SMILES string of the molecule is CC(=O)c1cccc(-c2ccc3c(c2)CCC3)c1. The molecule has 0 radical (unpaired) electrons. The van der Waals surface area contributed by atoms with Crippen LogP contribution in [0.2, 0.25) is 0 Å². The Balaban J connectivity index is 2.04. The molecule has 0 amide bonds. The molecule has 0 aromatic heterocycles. The lowest BCUT2D eigenvalue weighted by Crippen LogP contribution is -1.92. The Bertz CT molecular complexity index is 611. The van der Waals surface area contributed by atoms with Gasteiger partial charge in [0.05, 0.1) is 0 Å². The Kier molecular flexibility index (Phi) is 2.75. The summed E-state index contributed by atoms with van der Waals surface area (Å²) in [5, 5.41) is 0. The molecule has 0 saturated carbocycles. The van der Waals surface area contributed by atoms with E-state index in [-0.39, 0.29) is 5.78 Å². The predicted molar refractivity (Wildman–Crippen MR) is 73.9 cm³/mol. The minimum atomic E-state index is 0.123. The maximum Gasteiger partial charge on any atom is 0.159 e. The second kappa shape index (κ2) is 4.41. The molecule has 0 atom stereocenters. The van der Waals surface area contributed by atoms with Crippen molar-refractivity contribution in [3.8, 4) is 11.1 Å². The van der Waals surface area contributed by atoms with E-state index >= 15 is 0 Å². The first-order valence-corrected chi connectivity index (χ1v) is 6.47. The van der Waals surface area contributed by atoms with Crippen LogP contribution in [0.25, 0.3) is 11.1 Å². The zero-order chi connectivity index (χ0) is 12.5. The Morgan fingerprint density at radius 2 is 1.72 bits per heavy atom. The van der Waals surface area contributed by atoms with E-state index in [9.17, 15) is 4.79 Å². The topological polar surface area (TPSA) is 17.1 Å². The molecule has 1 nitrogen and oxygen atoms in total. The Morgan fingerprint density at radius 3 is 2.56 bits per heavy atom. The number of rotatable bonds is 2. The molecule has 0 bridgehead atoms. The van der Waals surface area contributed by atoms with Gasteiger partial charge in [-0.1, -0.05) is 36.4 Å². The van der Waals surface area contributed by atoms with Crippen LogP contribution in [-0.2, 0) is 12.8 Å². The van der Waals surface area contributed by atoms with E-state index in [4.69, 9.17) is 0 Å². The lowest BCUT2D eigenvalue weighted by molar-refractivity contribution is 0.101. The highest BCUT2D eigenvalue weighted by atomic mass is 16.1. The monoisotopic (exact) mass is 236 g/mol. The number of hydrogen-bond donors (Lipinski definition) is 0. The van der Waals surface area contributed by atoms with Crippen LogP contribution in [-0.4, -0.2) is 5.78 Å². The summed E-state index contributed by atoms with van der Waals surface area (Å²) in [6, 6.07) is 14.6. The first-order chi connectivity index (χ1) is 8.74. The van der Waals surface area contributed by atoms with E-state index in [2.05, 4.69) is 24.3 Å². The second-order valence-electron chi connectivity index (χ2n) is 4.97. The van der Waals surface area contributed by atoms with Gasteiger partial charge in [-0.05, 0) is 54.5 Å². The van der Waals surface area contributed by atoms with Crippen molar-refractivity contribution in [2.24, 2.45) is 0 Å². The fraction of sp³-hybridized carbons (Fsp3) is 0.235. The van der Waals surface area contributed by atoms with Gasteiger partial charge in [-0.15, -0.1) is 0 Å². The van der Waals surface area contributed by atoms with Crippen molar-refractivity contribution < 1.29 is 4.79 Å². The Labute approximate surface area is 107 Å². The molecule has 1 heteroatoms. The van der Waals surface area contributed by atoms with Gasteiger partial charge >= 0.3 is 0 Å². The first-order valence-electron chi connectivity index (χ1n) is 6.47. The van der Waals surface area contributed by atoms with Crippen LogP contribution in [0.4, 0.5) is 0 Å². The van der Waals surface area contributed by atoms with Crippen LogP contribution in [0.1, 0.15) is 34.8 Å². The van der Waals surface area contributed by atoms with Gasteiger partial charge in [0.15, 0.2) is 5.78 Å². The zero-order valence-corrected chi connectivity index (χ0v) is 10.6. The van der Waals surface area contributed by atoms with Crippen molar-refractivity contribution in [1.29, 1.82) is 0 Å². The molecular formula is C17H16O. The van der Waals surface area contributed by atoms with Crippen molar-refractivity contribution >= 4 is 5.78 Å². The van der Waals surface area contributed by atoms with E-state index in [0.29, 0.717) is 0 Å². The smallest absolute Gasteiger partial charge is 0.159 e. The first kappa shape index (κ1) is 11.2. The van der Waals surface area contributed by atoms with Gasteiger partial charge in [-0.2, -0.15) is 0 Å². The summed E-state index contributed by atoms with van der Waals surface area (Å²) >= 11 is 0. The largest absolute Gasteiger partial charge is 0.295 e. The van der Waals surface area contributed by atoms with Crippen LogP contribution >= 0.6 is 0 Å². The predicted octanol–water partition coefficient (Wildman–Crippen LogP) is 4.04. The lowest BCUT2D eigenvalue weighted by atomic mass is 9.98. The number of Topliss-reactive ketones (excluding diaryl/α,β-unsaturated/α-hetero) is 1. The molecule has 0 N–H and O–H groups in total. The van der Waals surface area contributed by atoms with E-state index in [1.165, 1.54) is 36.0 Å². The molecule has 2 aromatic rings.